The predicted octanol–water partition coefficient (Wildman–Crippen LogP) is 3.60. The van der Waals surface area contributed by atoms with Gasteiger partial charge in [-0.25, -0.2) is 0 Å². The van der Waals surface area contributed by atoms with E-state index in [1.165, 1.54) is 19.3 Å². The normalized spacial score (nSPS) is 16.6. The number of ether oxygens (including phenoxy) is 1. The van der Waals surface area contributed by atoms with E-state index >= 15 is 0 Å². The molecule has 0 amide bonds. The van der Waals surface area contributed by atoms with Crippen LogP contribution in [0.1, 0.15) is 11.1 Å². The number of rotatable bonds is 3. The summed E-state index contributed by atoms with van der Waals surface area (Å²) >= 11 is 0. The van der Waals surface area contributed by atoms with Gasteiger partial charge < -0.3 is 9.64 Å². The molecule has 0 bridgehead atoms. The molecule has 2 nitrogen and oxygen atoms in total. The van der Waals surface area contributed by atoms with Crippen molar-refractivity contribution in [1.29, 1.82) is 0 Å². The van der Waals surface area contributed by atoms with Crippen molar-refractivity contribution in [2.24, 2.45) is 0 Å². The highest BCUT2D eigenvalue weighted by atomic mass is 19.4. The van der Waals surface area contributed by atoms with Gasteiger partial charge >= 0.3 is 6.18 Å². The van der Waals surface area contributed by atoms with Gasteiger partial charge in [-0.05, 0) is 49.0 Å². The smallest absolute Gasteiger partial charge is 0.417 e. The molecule has 0 heterocycles. The van der Waals surface area contributed by atoms with Crippen LogP contribution >= 0.6 is 0 Å². The Bertz CT molecular complexity index is 571. The van der Waals surface area contributed by atoms with Crippen molar-refractivity contribution in [2.45, 2.75) is 6.18 Å². The molecular weight excluding hydrogens is 267 g/mol. The number of hydrogen-bond donors (Lipinski definition) is 0. The molecule has 1 aromatic rings. The van der Waals surface area contributed by atoms with Crippen molar-refractivity contribution in [2.75, 3.05) is 27.7 Å². The number of allylic oxidation sites excluding steroid dienone is 3. The predicted molar refractivity (Wildman–Crippen MR) is 73.6 cm³/mol. The molecule has 5 heteroatoms. The van der Waals surface area contributed by atoms with E-state index in [-0.39, 0.29) is 5.56 Å². The fraction of sp³-hybridized carbons (Fsp3) is 0.333. The first-order valence-electron chi connectivity index (χ1n) is 6.15. The summed E-state index contributed by atoms with van der Waals surface area (Å²) in [5.74, 6) is 0.552. The Hall–Kier alpha value is -1.75. The minimum absolute atomic E-state index is 0.211. The van der Waals surface area contributed by atoms with Crippen LogP contribution in [0.2, 0.25) is 0 Å². The zero-order chi connectivity index (χ0) is 14.9. The van der Waals surface area contributed by atoms with Gasteiger partial charge in [0.1, 0.15) is 5.75 Å². The fourth-order valence-corrected chi connectivity index (χ4v) is 2.12. The van der Waals surface area contributed by atoms with Crippen molar-refractivity contribution in [3.05, 3.63) is 41.5 Å². The average Bonchev–Trinajstić information content (AvgIpc) is 2.74. The number of nitrogens with zero attached hydrogens (tertiary/aromatic N) is 1. The van der Waals surface area contributed by atoms with Crippen LogP contribution in [0, 0.1) is 0 Å². The summed E-state index contributed by atoms with van der Waals surface area (Å²) in [6.07, 6.45) is -1.36. The summed E-state index contributed by atoms with van der Waals surface area (Å²) in [6, 6.07) is 4.66. The van der Waals surface area contributed by atoms with Crippen molar-refractivity contribution >= 4 is 11.1 Å². The number of hydrogen-bond acceptors (Lipinski definition) is 2. The van der Waals surface area contributed by atoms with Gasteiger partial charge in [0, 0.05) is 6.54 Å². The largest absolute Gasteiger partial charge is 0.497 e. The van der Waals surface area contributed by atoms with Crippen molar-refractivity contribution < 1.29 is 17.9 Å². The number of fused-ring (bicyclic) bond motifs is 1. The number of halogens is 3. The lowest BCUT2D eigenvalue weighted by Gasteiger charge is -2.10. The van der Waals surface area contributed by atoms with E-state index in [9.17, 15) is 13.2 Å². The molecule has 0 fully saturated rings. The van der Waals surface area contributed by atoms with Gasteiger partial charge in [0.05, 0.1) is 12.7 Å². The van der Waals surface area contributed by atoms with Gasteiger partial charge in [-0.2, -0.15) is 13.2 Å². The van der Waals surface area contributed by atoms with E-state index in [1.54, 1.807) is 18.2 Å². The SMILES string of the molecule is COc1ccc2c(c1)/C(=C/CN(C)C)C=C2C(F)(F)F. The van der Waals surface area contributed by atoms with Crippen LogP contribution in [0.5, 0.6) is 5.75 Å². The Labute approximate surface area is 116 Å². The highest BCUT2D eigenvalue weighted by Gasteiger charge is 2.39. The Morgan fingerprint density at radius 2 is 1.90 bits per heavy atom. The topological polar surface area (TPSA) is 12.5 Å². The van der Waals surface area contributed by atoms with E-state index < -0.39 is 11.7 Å². The first kappa shape index (κ1) is 14.7. The molecule has 2 rings (SSSR count). The second-order valence-corrected chi connectivity index (χ2v) is 4.89. The maximum Gasteiger partial charge on any atom is 0.417 e. The van der Waals surface area contributed by atoms with Crippen LogP contribution in [0.3, 0.4) is 0 Å². The molecule has 0 unspecified atom stereocenters. The lowest BCUT2D eigenvalue weighted by Crippen LogP contribution is -2.10. The molecular formula is C15H16F3NO. The molecule has 1 aliphatic rings. The van der Waals surface area contributed by atoms with E-state index in [2.05, 4.69) is 0 Å². The molecule has 0 saturated carbocycles. The van der Waals surface area contributed by atoms with E-state index in [4.69, 9.17) is 4.74 Å². The van der Waals surface area contributed by atoms with Crippen LogP contribution in [0.15, 0.2) is 30.4 Å². The summed E-state index contributed by atoms with van der Waals surface area (Å²) in [4.78, 5) is 1.90. The van der Waals surface area contributed by atoms with Gasteiger partial charge in [-0.15, -0.1) is 0 Å². The lowest BCUT2D eigenvalue weighted by molar-refractivity contribution is -0.0687. The van der Waals surface area contributed by atoms with Gasteiger partial charge in [0.2, 0.25) is 0 Å². The van der Waals surface area contributed by atoms with Crippen LogP contribution in [0.4, 0.5) is 13.2 Å². The van der Waals surface area contributed by atoms with Crippen LogP contribution < -0.4 is 4.74 Å². The van der Waals surface area contributed by atoms with Gasteiger partial charge in [0.15, 0.2) is 0 Å². The third kappa shape index (κ3) is 2.88. The summed E-state index contributed by atoms with van der Waals surface area (Å²) in [5.41, 5.74) is 0.766. The zero-order valence-electron chi connectivity index (χ0n) is 11.6. The minimum atomic E-state index is -4.35. The Kier molecular flexibility index (Phi) is 3.90. The van der Waals surface area contributed by atoms with E-state index in [0.717, 1.165) is 0 Å². The summed E-state index contributed by atoms with van der Waals surface area (Å²) in [6.45, 7) is 0.577. The standard InChI is InChI=1S/C15H16F3NO/c1-19(2)7-6-10-8-14(15(16,17)18)12-5-4-11(20-3)9-13(10)12/h4-6,8-9H,7H2,1-3H3/b10-6+. The molecule has 0 aromatic heterocycles. The molecule has 0 atom stereocenters. The molecule has 0 aliphatic heterocycles. The fourth-order valence-electron chi connectivity index (χ4n) is 2.12. The average molecular weight is 283 g/mol. The molecule has 20 heavy (non-hydrogen) atoms. The molecule has 1 aliphatic carbocycles. The lowest BCUT2D eigenvalue weighted by atomic mass is 10.0. The Balaban J connectivity index is 2.51. The molecule has 0 N–H and O–H groups in total. The highest BCUT2D eigenvalue weighted by Crippen LogP contribution is 2.45. The maximum absolute atomic E-state index is 13.1. The zero-order valence-corrected chi connectivity index (χ0v) is 11.6. The number of benzene rings is 1. The Morgan fingerprint density at radius 1 is 1.20 bits per heavy atom. The quantitative estimate of drug-likeness (QED) is 0.840. The van der Waals surface area contributed by atoms with Crippen molar-refractivity contribution in [3.8, 4) is 5.75 Å². The molecule has 108 valence electrons. The molecule has 0 spiro atoms. The first-order valence-corrected chi connectivity index (χ1v) is 6.15. The van der Waals surface area contributed by atoms with Crippen LogP contribution in [-0.2, 0) is 0 Å². The minimum Gasteiger partial charge on any atom is -0.497 e. The molecule has 0 saturated heterocycles. The number of likely N-dealkylation sites (N-methyl/N-ethyl adjacent to an activating group) is 1. The summed E-state index contributed by atoms with van der Waals surface area (Å²) < 4.78 is 44.3. The monoisotopic (exact) mass is 283 g/mol. The molecule has 0 radical (unpaired) electrons. The highest BCUT2D eigenvalue weighted by molar-refractivity contribution is 5.97. The third-order valence-electron chi connectivity index (χ3n) is 3.11. The van der Waals surface area contributed by atoms with Crippen molar-refractivity contribution in [1.82, 2.24) is 4.90 Å². The molecule has 1 aromatic carbocycles. The van der Waals surface area contributed by atoms with Gasteiger partial charge in [-0.3, -0.25) is 0 Å². The van der Waals surface area contributed by atoms with Crippen LogP contribution in [-0.4, -0.2) is 38.8 Å². The number of alkyl halides is 3. The number of methoxy groups -OCH3 is 1. The van der Waals surface area contributed by atoms with Gasteiger partial charge in [0.25, 0.3) is 0 Å². The summed E-state index contributed by atoms with van der Waals surface area (Å²) in [7, 11) is 5.23. The second-order valence-electron chi connectivity index (χ2n) is 4.89. The first-order chi connectivity index (χ1) is 9.32. The van der Waals surface area contributed by atoms with Crippen LogP contribution in [0.25, 0.3) is 11.1 Å². The second kappa shape index (κ2) is 5.32. The maximum atomic E-state index is 13.1. The Morgan fingerprint density at radius 3 is 2.45 bits per heavy atom. The van der Waals surface area contributed by atoms with E-state index in [1.807, 2.05) is 19.0 Å². The van der Waals surface area contributed by atoms with Gasteiger partial charge in [-0.1, -0.05) is 12.1 Å². The van der Waals surface area contributed by atoms with Crippen molar-refractivity contribution in [3.63, 3.8) is 0 Å². The third-order valence-corrected chi connectivity index (χ3v) is 3.11. The van der Waals surface area contributed by atoms with E-state index in [0.29, 0.717) is 23.4 Å². The summed E-state index contributed by atoms with van der Waals surface area (Å²) in [5, 5.41) is 0.